The molecule has 24 heterocycles. The van der Waals surface area contributed by atoms with Gasteiger partial charge in [-0.25, -0.2) is 0 Å². The van der Waals surface area contributed by atoms with Crippen LogP contribution in [0.15, 0.2) is 178 Å². The number of aryl methyl sites for hydroxylation is 8. The van der Waals surface area contributed by atoms with Gasteiger partial charge in [-0.3, -0.25) is 120 Å². The van der Waals surface area contributed by atoms with Crippen LogP contribution in [0.1, 0.15) is 229 Å². The molecule has 138 heavy (non-hydrogen) atoms. The summed E-state index contributed by atoms with van der Waals surface area (Å²) < 4.78 is 0. The fourth-order valence-corrected chi connectivity index (χ4v) is 33.2. The molecule has 0 amide bonds. The second kappa shape index (κ2) is 33.2. The van der Waals surface area contributed by atoms with E-state index in [1.54, 1.807) is 0 Å². The molecule has 16 aromatic rings. The van der Waals surface area contributed by atoms with Crippen LogP contribution in [0.4, 0.5) is 0 Å². The SMILES string of the molecule is CCc1cnc(Cc2cc3c(s2)-c2sc(Cc4ncc(CC)c5c4=NCN=5)cc2C32c3cc(Cc4ncc(CC)c5c4=NCN=5)sc3-c3sc(Cc4ncc(CC)c5c4=NCN=5)cc32)c2c1=NCN=2.CCc1ncc(Cc2cc3c(s2)-c2sc(Cc4cnc(CC)c5c4=NCN=5)cc2C32c3cc(Cc4cnc(CC)c5c4=NCN=5)sc3-c3sc(Cc4cnc(CC)c5c4=NCN=5)cc32)c2c1=NCN=2. The molecule has 28 rings (SSSR count). The van der Waals surface area contributed by atoms with Crippen LogP contribution in [-0.2, 0) is 114 Å². The predicted octanol–water partition coefficient (Wildman–Crippen LogP) is 10.6. The molecule has 32 heteroatoms. The molecule has 12 aliphatic rings. The van der Waals surface area contributed by atoms with Crippen LogP contribution in [0, 0.1) is 0 Å². The van der Waals surface area contributed by atoms with Gasteiger partial charge in [-0.05, 0) is 167 Å². The molecule has 0 N–H and O–H groups in total. The van der Waals surface area contributed by atoms with Gasteiger partial charge in [0.2, 0.25) is 0 Å². The number of fused-ring (bicyclic) bond motifs is 28. The molecule has 0 saturated carbocycles. The fraction of sp³-hybridized carbons (Fsp3) is 0.321. The van der Waals surface area contributed by atoms with E-state index in [0.29, 0.717) is 79.0 Å². The molecule has 0 bridgehead atoms. The van der Waals surface area contributed by atoms with E-state index in [4.69, 9.17) is 120 Å². The molecule has 0 fully saturated rings. The van der Waals surface area contributed by atoms with Crippen molar-refractivity contribution in [2.75, 3.05) is 53.3 Å². The summed E-state index contributed by atoms with van der Waals surface area (Å²) in [6.07, 6.45) is 28.9. The van der Waals surface area contributed by atoms with Gasteiger partial charge >= 0.3 is 0 Å². The number of aromatic nitrogens is 8. The summed E-state index contributed by atoms with van der Waals surface area (Å²) in [7, 11) is 0. The molecule has 680 valence electrons. The summed E-state index contributed by atoms with van der Waals surface area (Å²) in [6.45, 7) is 21.0. The maximum Gasteiger partial charge on any atom is 0.131 e. The average Bonchev–Trinajstić information content (AvgIpc) is 1.49. The second-order valence-electron chi connectivity index (χ2n) is 36.5. The number of hydrogen-bond donors (Lipinski definition) is 0. The van der Waals surface area contributed by atoms with Gasteiger partial charge in [-0.1, -0.05) is 55.4 Å². The van der Waals surface area contributed by atoms with E-state index in [1.807, 2.05) is 140 Å². The molecular weight excluding hydrogens is 1870 g/mol. The lowest BCUT2D eigenvalue weighted by Crippen LogP contribution is -2.31. The molecule has 0 aromatic carbocycles. The Morgan fingerprint density at radius 1 is 0.174 bits per heavy atom. The van der Waals surface area contributed by atoms with Crippen molar-refractivity contribution in [2.24, 2.45) is 79.9 Å². The van der Waals surface area contributed by atoms with Gasteiger partial charge in [0.05, 0.1) is 99.2 Å². The third kappa shape index (κ3) is 12.9. The Labute approximate surface area is 822 Å². The van der Waals surface area contributed by atoms with Gasteiger partial charge in [0, 0.05) is 201 Å². The highest BCUT2D eigenvalue weighted by atomic mass is 32.1. The highest BCUT2D eigenvalue weighted by Gasteiger charge is 2.58. The zero-order valence-corrected chi connectivity index (χ0v) is 83.7. The predicted molar refractivity (Wildman–Crippen MR) is 537 cm³/mol. The van der Waals surface area contributed by atoms with Gasteiger partial charge in [-0.2, -0.15) is 0 Å². The van der Waals surface area contributed by atoms with E-state index in [9.17, 15) is 0 Å². The first-order valence-electron chi connectivity index (χ1n) is 47.8. The molecular formula is C106H88N24S8. The topological polar surface area (TPSA) is 301 Å². The van der Waals surface area contributed by atoms with Crippen LogP contribution in [0.5, 0.6) is 0 Å². The largest absolute Gasteiger partial charge is 0.259 e. The van der Waals surface area contributed by atoms with Gasteiger partial charge in [0.15, 0.2) is 0 Å². The number of nitrogens with zero attached hydrogens (tertiary/aromatic N) is 24. The molecule has 0 saturated heterocycles. The first-order chi connectivity index (χ1) is 67.9. The monoisotopic (exact) mass is 1950 g/mol. The van der Waals surface area contributed by atoms with Crippen molar-refractivity contribution < 1.29 is 0 Å². The molecule has 16 aromatic heterocycles. The van der Waals surface area contributed by atoms with Crippen molar-refractivity contribution in [1.82, 2.24) is 39.9 Å². The lowest BCUT2D eigenvalue weighted by Gasteiger charge is -2.27. The Morgan fingerprint density at radius 2 is 0.319 bits per heavy atom. The van der Waals surface area contributed by atoms with Crippen LogP contribution >= 0.6 is 90.7 Å². The van der Waals surface area contributed by atoms with E-state index >= 15 is 0 Å². The van der Waals surface area contributed by atoms with E-state index < -0.39 is 10.8 Å². The van der Waals surface area contributed by atoms with Gasteiger partial charge in [-0.15, -0.1) is 90.7 Å². The summed E-state index contributed by atoms with van der Waals surface area (Å²) in [4.78, 5) is 138. The zero-order chi connectivity index (χ0) is 92.2. The van der Waals surface area contributed by atoms with Gasteiger partial charge in [0.1, 0.15) is 96.2 Å². The minimum absolute atomic E-state index is 0.466. The minimum Gasteiger partial charge on any atom is -0.259 e. The molecule has 0 unspecified atom stereocenters. The molecule has 0 atom stereocenters. The van der Waals surface area contributed by atoms with Crippen molar-refractivity contribution >= 4 is 90.7 Å². The van der Waals surface area contributed by atoms with E-state index in [0.717, 1.165) is 253 Å². The van der Waals surface area contributed by atoms with Crippen LogP contribution in [0.25, 0.3) is 39.0 Å². The Balaban J connectivity index is 0.000000139. The molecule has 4 aliphatic carbocycles. The normalized spacial score (nSPS) is 15.4. The Bertz CT molecular complexity index is 7710. The lowest BCUT2D eigenvalue weighted by molar-refractivity contribution is 0.796. The first-order valence-corrected chi connectivity index (χ1v) is 54.4. The van der Waals surface area contributed by atoms with Crippen molar-refractivity contribution in [3.05, 3.63) is 357 Å². The van der Waals surface area contributed by atoms with E-state index in [-0.39, 0.29) is 0 Å². The van der Waals surface area contributed by atoms with Crippen LogP contribution in [0.2, 0.25) is 0 Å². The highest BCUT2D eigenvalue weighted by molar-refractivity contribution is 7.25. The maximum atomic E-state index is 5.05. The molecule has 2 spiro atoms. The summed E-state index contributed by atoms with van der Waals surface area (Å²) in [5.41, 5.74) is 27.1. The summed E-state index contributed by atoms with van der Waals surface area (Å²) in [5, 5.41) is 15.8. The van der Waals surface area contributed by atoms with E-state index in [2.05, 4.69) is 104 Å². The third-order valence-electron chi connectivity index (χ3n) is 29.1. The first kappa shape index (κ1) is 84.8. The minimum atomic E-state index is -0.535. The lowest BCUT2D eigenvalue weighted by atomic mass is 9.72. The highest BCUT2D eigenvalue weighted by Crippen LogP contribution is 2.71. The summed E-state index contributed by atoms with van der Waals surface area (Å²) in [5.74, 6) is 0. The van der Waals surface area contributed by atoms with Gasteiger partial charge < -0.3 is 0 Å². The molecule has 24 nitrogen and oxygen atoms in total. The zero-order valence-electron chi connectivity index (χ0n) is 77.2. The smallest absolute Gasteiger partial charge is 0.131 e. The Kier molecular flexibility index (Phi) is 20.4. The molecule has 8 aliphatic heterocycles. The van der Waals surface area contributed by atoms with Crippen molar-refractivity contribution in [3.63, 3.8) is 0 Å². The quantitative estimate of drug-likeness (QED) is 0.0559. The summed E-state index contributed by atoms with van der Waals surface area (Å²) >= 11 is 15.4. The third-order valence-corrected chi connectivity index (χ3v) is 38.8. The summed E-state index contributed by atoms with van der Waals surface area (Å²) in [6, 6.07) is 20.1. The van der Waals surface area contributed by atoms with Crippen LogP contribution < -0.4 is 85.7 Å². The fourth-order valence-electron chi connectivity index (χ4n) is 22.8. The Morgan fingerprint density at radius 3 is 0.493 bits per heavy atom. The average molecular weight is 1950 g/mol. The number of rotatable bonds is 24. The second-order valence-corrected chi connectivity index (χ2v) is 45.6. The van der Waals surface area contributed by atoms with E-state index in [1.165, 1.54) is 123 Å². The number of pyridine rings is 8. The van der Waals surface area contributed by atoms with Crippen molar-refractivity contribution in [2.45, 2.75) is 169 Å². The van der Waals surface area contributed by atoms with Crippen molar-refractivity contribution in [3.8, 4) is 39.0 Å². The van der Waals surface area contributed by atoms with Gasteiger partial charge in [0.25, 0.3) is 0 Å². The Hall–Kier alpha value is -12.4. The van der Waals surface area contributed by atoms with Crippen molar-refractivity contribution in [1.29, 1.82) is 0 Å². The standard InChI is InChI=1S/2C53H44N12S4/c1-5-37-45-41(58-21-62-45)25(17-54-37)9-29-13-33-49(66-29)50-34(14-30(67-50)10-26-18-55-38(6-2)46-42(26)59-22-63-46)53(33)35-15-31(11-27-19-56-39(7-3)47-43(27)60-23-64-47)68-51(35)52-36(53)16-32(69-52)12-28-20-57-40(8-4)48-44(28)61-24-65-48;1-5-25-17-54-37(45-41(25)58-21-62-45)13-29-9-33-49(66-29)50-34(10-30(67-50)14-38-46-42(59-22-63-46)26(6-2)18-55-38)53(33)35-11-31(15-39-47-43(60-23-64-47)27(7-3)19-56-39)68-51(35)52-36(53)12-32(69-52)16-40-48-44(61-24-65-48)28(8-4)20-57-40/h13-20H,5-12,21-24H2,1-4H3;9-12,17-20H,5-8,13-16,21-24H2,1-4H3. The number of thiophene rings is 8. The number of hydrogen-bond acceptors (Lipinski definition) is 32. The van der Waals surface area contributed by atoms with Crippen LogP contribution in [0.3, 0.4) is 0 Å². The maximum absolute atomic E-state index is 5.05. The molecule has 0 radical (unpaired) electrons. The van der Waals surface area contributed by atoms with Crippen LogP contribution in [-0.4, -0.2) is 93.2 Å².